The first kappa shape index (κ1) is 19.7. The maximum atomic E-state index is 14.0. The Balaban J connectivity index is 1.07. The molecule has 8 atom stereocenters. The summed E-state index contributed by atoms with van der Waals surface area (Å²) in [7, 11) is 0. The molecule has 8 rings (SSSR count). The minimum atomic E-state index is -1.01. The van der Waals surface area contributed by atoms with Crippen molar-refractivity contribution in [3.8, 4) is 0 Å². The molecule has 4 heterocycles. The van der Waals surface area contributed by atoms with Gasteiger partial charge in [0.25, 0.3) is 0 Å². The number of esters is 2. The maximum absolute atomic E-state index is 14.0. The number of Topliss-reactive ketones (excluding diaryl/α,β-unsaturated/α-hetero) is 1. The summed E-state index contributed by atoms with van der Waals surface area (Å²) >= 11 is 0. The van der Waals surface area contributed by atoms with Crippen LogP contribution in [0.3, 0.4) is 0 Å². The average Bonchev–Trinajstić information content (AvgIpc) is 3.75. The molecule has 5 fully saturated rings. The van der Waals surface area contributed by atoms with Crippen LogP contribution in [0.4, 0.5) is 0 Å². The van der Waals surface area contributed by atoms with Crippen molar-refractivity contribution in [3.63, 3.8) is 0 Å². The maximum Gasteiger partial charge on any atom is 0.338 e. The first-order valence-electron chi connectivity index (χ1n) is 12.1. The van der Waals surface area contributed by atoms with Crippen LogP contribution in [0.1, 0.15) is 43.0 Å². The van der Waals surface area contributed by atoms with E-state index in [0.717, 1.165) is 17.6 Å². The number of cyclic esters (lactones) is 1. The third-order valence-corrected chi connectivity index (χ3v) is 9.76. The quantitative estimate of drug-likeness (QED) is 0.491. The van der Waals surface area contributed by atoms with Gasteiger partial charge in [0.15, 0.2) is 11.2 Å². The van der Waals surface area contributed by atoms with E-state index < -0.39 is 22.8 Å². The van der Waals surface area contributed by atoms with Crippen molar-refractivity contribution in [2.75, 3.05) is 13.2 Å². The molecule has 0 aromatic heterocycles. The molecular formula is C26H24O8. The lowest BCUT2D eigenvalue weighted by molar-refractivity contribution is -0.138. The first-order chi connectivity index (χ1) is 16.4. The zero-order valence-electron chi connectivity index (χ0n) is 18.7. The molecule has 0 radical (unpaired) electrons. The second-order valence-corrected chi connectivity index (χ2v) is 10.9. The molecule has 8 nitrogen and oxygen atoms in total. The zero-order valence-corrected chi connectivity index (χ0v) is 18.7. The minimum absolute atomic E-state index is 0.0577. The Kier molecular flexibility index (Phi) is 3.37. The first-order valence-corrected chi connectivity index (χ1v) is 12.1. The minimum Gasteiger partial charge on any atom is -0.462 e. The smallest absolute Gasteiger partial charge is 0.338 e. The average molecular weight is 464 g/mol. The normalized spacial score (nSPS) is 48.4. The topological polar surface area (TPSA) is 107 Å². The van der Waals surface area contributed by atoms with Crippen molar-refractivity contribution in [2.45, 2.75) is 67.7 Å². The number of epoxide rings is 3. The third-order valence-electron chi connectivity index (χ3n) is 9.76. The second-order valence-electron chi connectivity index (χ2n) is 10.9. The Hall–Kier alpha value is -2.55. The van der Waals surface area contributed by atoms with Crippen molar-refractivity contribution in [1.82, 2.24) is 0 Å². The molecule has 34 heavy (non-hydrogen) atoms. The summed E-state index contributed by atoms with van der Waals surface area (Å²) in [6.07, 6.45) is 1.53. The highest BCUT2D eigenvalue weighted by molar-refractivity contribution is 6.05. The van der Waals surface area contributed by atoms with Crippen molar-refractivity contribution in [2.24, 2.45) is 11.3 Å². The van der Waals surface area contributed by atoms with Crippen molar-refractivity contribution >= 4 is 17.7 Å². The standard InChI is InChI=1S/C26H24O8/c1-23-8-7-14-15(12-31-21(14)28)16(23)11-17-25(32-17)22(29)24(18(33-24)19-26(23,25)34-19)9-10-30-20(27)13-5-3-2-4-6-13/h2-6,16-19H,7-12H2,1H3/t16-,17-,18-,19-,23-,24-,25+,26+/m0/s1. The molecule has 3 aliphatic carbocycles. The number of ketones is 1. The van der Waals surface area contributed by atoms with Gasteiger partial charge in [0.2, 0.25) is 5.78 Å². The SMILES string of the molecule is C[C@]12CCC3=C(COC3=O)[C@@H]1C[C@@H]1O[C@@]13C(=O)[C@@]1(CCOC(=O)c4ccccc4)O[C@H]1[C@@H]1O[C@]123. The van der Waals surface area contributed by atoms with Crippen LogP contribution >= 0.6 is 0 Å². The molecule has 2 spiro atoms. The summed E-state index contributed by atoms with van der Waals surface area (Å²) < 4.78 is 29.7. The monoisotopic (exact) mass is 464 g/mol. The molecule has 1 aromatic carbocycles. The van der Waals surface area contributed by atoms with Crippen LogP contribution < -0.4 is 0 Å². The van der Waals surface area contributed by atoms with E-state index >= 15 is 0 Å². The van der Waals surface area contributed by atoms with Crippen molar-refractivity contribution < 1.29 is 38.1 Å². The highest BCUT2D eigenvalue weighted by Crippen LogP contribution is 2.81. The van der Waals surface area contributed by atoms with Gasteiger partial charge in [-0.15, -0.1) is 0 Å². The van der Waals surface area contributed by atoms with Gasteiger partial charge in [0, 0.05) is 17.4 Å². The number of hydrogen-bond acceptors (Lipinski definition) is 8. The number of ether oxygens (including phenoxy) is 5. The van der Waals surface area contributed by atoms with Crippen LogP contribution in [0.2, 0.25) is 0 Å². The predicted molar refractivity (Wildman–Crippen MR) is 113 cm³/mol. The van der Waals surface area contributed by atoms with Gasteiger partial charge in [0.05, 0.1) is 18.3 Å². The van der Waals surface area contributed by atoms with Gasteiger partial charge in [-0.25, -0.2) is 9.59 Å². The lowest BCUT2D eigenvalue weighted by Gasteiger charge is -2.51. The Labute approximate surface area is 195 Å². The lowest BCUT2D eigenvalue weighted by atomic mass is 9.47. The molecule has 8 heteroatoms. The Morgan fingerprint density at radius 3 is 2.76 bits per heavy atom. The number of carbonyl (C=O) groups excluding carboxylic acids is 3. The van der Waals surface area contributed by atoms with E-state index in [4.69, 9.17) is 23.7 Å². The molecule has 176 valence electrons. The fourth-order valence-electron chi connectivity index (χ4n) is 8.01. The molecule has 4 aliphatic heterocycles. The summed E-state index contributed by atoms with van der Waals surface area (Å²) in [5.41, 5.74) is -0.704. The van der Waals surface area contributed by atoms with Crippen LogP contribution in [-0.4, -0.2) is 66.1 Å². The van der Waals surface area contributed by atoms with E-state index in [1.165, 1.54) is 0 Å². The van der Waals surface area contributed by atoms with E-state index in [0.29, 0.717) is 31.4 Å². The molecular weight excluding hydrogens is 440 g/mol. The van der Waals surface area contributed by atoms with Gasteiger partial charge in [-0.05, 0) is 42.9 Å². The van der Waals surface area contributed by atoms with E-state index in [1.54, 1.807) is 24.3 Å². The highest BCUT2D eigenvalue weighted by Gasteiger charge is 3.00. The van der Waals surface area contributed by atoms with Crippen LogP contribution in [0.15, 0.2) is 41.5 Å². The molecule has 7 aliphatic rings. The number of hydrogen-bond donors (Lipinski definition) is 0. The van der Waals surface area contributed by atoms with Crippen LogP contribution in [0.5, 0.6) is 0 Å². The Bertz CT molecular complexity index is 1220. The summed E-state index contributed by atoms with van der Waals surface area (Å²) in [5, 5.41) is 0. The Morgan fingerprint density at radius 2 is 1.94 bits per heavy atom. The fraction of sp³-hybridized carbons (Fsp3) is 0.577. The van der Waals surface area contributed by atoms with Gasteiger partial charge in [-0.1, -0.05) is 25.1 Å². The van der Waals surface area contributed by atoms with Gasteiger partial charge in [-0.2, -0.15) is 0 Å². The van der Waals surface area contributed by atoms with E-state index in [2.05, 4.69) is 6.92 Å². The van der Waals surface area contributed by atoms with E-state index in [9.17, 15) is 14.4 Å². The zero-order chi connectivity index (χ0) is 23.1. The summed E-state index contributed by atoms with van der Waals surface area (Å²) in [6.45, 7) is 2.61. The van der Waals surface area contributed by atoms with E-state index in [1.807, 2.05) is 6.07 Å². The van der Waals surface area contributed by atoms with Gasteiger partial charge >= 0.3 is 11.9 Å². The van der Waals surface area contributed by atoms with Crippen molar-refractivity contribution in [1.29, 1.82) is 0 Å². The van der Waals surface area contributed by atoms with Gasteiger partial charge in [0.1, 0.15) is 24.4 Å². The highest BCUT2D eigenvalue weighted by atomic mass is 16.7. The predicted octanol–water partition coefficient (Wildman–Crippen LogP) is 1.90. The Morgan fingerprint density at radius 1 is 1.12 bits per heavy atom. The number of rotatable bonds is 4. The fourth-order valence-corrected chi connectivity index (χ4v) is 8.01. The van der Waals surface area contributed by atoms with Crippen LogP contribution in [0, 0.1) is 11.3 Å². The van der Waals surface area contributed by atoms with Crippen molar-refractivity contribution in [3.05, 3.63) is 47.0 Å². The molecule has 0 amide bonds. The van der Waals surface area contributed by atoms with Crippen LogP contribution in [-0.2, 0) is 33.3 Å². The molecule has 1 aromatic rings. The molecule has 0 N–H and O–H groups in total. The van der Waals surface area contributed by atoms with Crippen LogP contribution in [0.25, 0.3) is 0 Å². The lowest BCUT2D eigenvalue weighted by Crippen LogP contribution is -2.67. The van der Waals surface area contributed by atoms with E-state index in [-0.39, 0.29) is 48.0 Å². The van der Waals surface area contributed by atoms with Gasteiger partial charge in [-0.3, -0.25) is 4.79 Å². The largest absolute Gasteiger partial charge is 0.462 e. The molecule has 0 unspecified atom stereocenters. The molecule has 2 saturated carbocycles. The molecule has 3 saturated heterocycles. The number of benzene rings is 1. The second kappa shape index (κ2) is 5.80. The molecule has 0 bridgehead atoms. The summed E-state index contributed by atoms with van der Waals surface area (Å²) in [4.78, 5) is 38.5. The number of fused-ring (bicyclic) bond motifs is 4. The number of carbonyl (C=O) groups is 3. The summed E-state index contributed by atoms with van der Waals surface area (Å²) in [6, 6.07) is 8.79. The van der Waals surface area contributed by atoms with Gasteiger partial charge < -0.3 is 23.7 Å². The third kappa shape index (κ3) is 1.95. The summed E-state index contributed by atoms with van der Waals surface area (Å²) in [5.74, 6) is -0.580.